The molecule has 0 saturated carbocycles. The van der Waals surface area contributed by atoms with Gasteiger partial charge in [0.25, 0.3) is 0 Å². The van der Waals surface area contributed by atoms with Crippen LogP contribution in [0.4, 0.5) is 18.9 Å². The number of rotatable bonds is 2. The highest BCUT2D eigenvalue weighted by molar-refractivity contribution is 5.92. The number of nitrogens with one attached hydrogen (secondary N) is 1. The number of fused-ring (bicyclic) bond motifs is 1. The van der Waals surface area contributed by atoms with Crippen LogP contribution >= 0.6 is 0 Å². The molecule has 2 aromatic rings. The van der Waals surface area contributed by atoms with Crippen molar-refractivity contribution in [1.82, 2.24) is 4.98 Å². The van der Waals surface area contributed by atoms with Crippen molar-refractivity contribution in [3.8, 4) is 5.75 Å². The molecule has 6 heteroatoms. The largest absolute Gasteiger partial charge is 0.573 e. The highest BCUT2D eigenvalue weighted by Crippen LogP contribution is 2.31. The van der Waals surface area contributed by atoms with Gasteiger partial charge in [-0.1, -0.05) is 6.92 Å². The lowest BCUT2D eigenvalue weighted by atomic mass is 10.2. The summed E-state index contributed by atoms with van der Waals surface area (Å²) in [6.45, 7) is 1.94. The fourth-order valence-corrected chi connectivity index (χ4v) is 1.68. The molecule has 2 rings (SSSR count). The van der Waals surface area contributed by atoms with E-state index in [-0.39, 0.29) is 11.4 Å². The Morgan fingerprint density at radius 3 is 2.59 bits per heavy atom. The van der Waals surface area contributed by atoms with Crippen LogP contribution in [0.15, 0.2) is 18.2 Å². The number of aromatic amines is 1. The molecule has 0 atom stereocenters. The third-order valence-corrected chi connectivity index (χ3v) is 2.40. The number of nitrogens with two attached hydrogens (primary N) is 1. The third-order valence-electron chi connectivity index (χ3n) is 2.40. The molecule has 17 heavy (non-hydrogen) atoms. The topological polar surface area (TPSA) is 51.0 Å². The Labute approximate surface area is 95.4 Å². The quantitative estimate of drug-likeness (QED) is 0.797. The van der Waals surface area contributed by atoms with Crippen LogP contribution in [0, 0.1) is 0 Å². The van der Waals surface area contributed by atoms with E-state index in [1.54, 1.807) is 6.07 Å². The SMILES string of the molecule is CCc1cc2cc(OC(F)(F)F)cc(N)c2[nH]1. The number of hydrogen-bond acceptors (Lipinski definition) is 2. The van der Waals surface area contributed by atoms with Crippen molar-refractivity contribution < 1.29 is 17.9 Å². The van der Waals surface area contributed by atoms with Gasteiger partial charge in [0.2, 0.25) is 0 Å². The number of aryl methyl sites for hydroxylation is 1. The average molecular weight is 244 g/mol. The monoisotopic (exact) mass is 244 g/mol. The molecule has 1 aromatic carbocycles. The number of anilines is 1. The Bertz CT molecular complexity index is 545. The molecular weight excluding hydrogens is 233 g/mol. The molecule has 92 valence electrons. The molecule has 3 nitrogen and oxygen atoms in total. The van der Waals surface area contributed by atoms with Crippen LogP contribution < -0.4 is 10.5 Å². The number of benzene rings is 1. The number of nitrogen functional groups attached to an aromatic ring is 1. The van der Waals surface area contributed by atoms with Crippen LogP contribution in [-0.2, 0) is 6.42 Å². The first-order valence-electron chi connectivity index (χ1n) is 5.06. The van der Waals surface area contributed by atoms with Gasteiger partial charge in [-0.3, -0.25) is 0 Å². The second kappa shape index (κ2) is 3.87. The summed E-state index contributed by atoms with van der Waals surface area (Å²) in [5.41, 5.74) is 7.45. The predicted molar refractivity (Wildman–Crippen MR) is 58.8 cm³/mol. The van der Waals surface area contributed by atoms with Gasteiger partial charge in [0.1, 0.15) is 5.75 Å². The zero-order chi connectivity index (χ0) is 12.6. The highest BCUT2D eigenvalue weighted by Gasteiger charge is 2.31. The first-order chi connectivity index (χ1) is 7.89. The fraction of sp³-hybridized carbons (Fsp3) is 0.273. The number of alkyl halides is 3. The third kappa shape index (κ3) is 2.46. The Balaban J connectivity index is 2.47. The highest BCUT2D eigenvalue weighted by atomic mass is 19.4. The molecule has 0 radical (unpaired) electrons. The van der Waals surface area contributed by atoms with Gasteiger partial charge in [-0.2, -0.15) is 0 Å². The Morgan fingerprint density at radius 2 is 2.00 bits per heavy atom. The molecule has 0 fully saturated rings. The first kappa shape index (κ1) is 11.6. The van der Waals surface area contributed by atoms with E-state index in [4.69, 9.17) is 5.73 Å². The maximum Gasteiger partial charge on any atom is 0.573 e. The molecule has 0 unspecified atom stereocenters. The average Bonchev–Trinajstić information content (AvgIpc) is 2.58. The van der Waals surface area contributed by atoms with Crippen LogP contribution in [0.1, 0.15) is 12.6 Å². The molecule has 0 aliphatic heterocycles. The second-order valence-electron chi connectivity index (χ2n) is 3.67. The molecule has 0 bridgehead atoms. The van der Waals surface area contributed by atoms with Gasteiger partial charge in [0.05, 0.1) is 11.2 Å². The van der Waals surface area contributed by atoms with E-state index >= 15 is 0 Å². The maximum atomic E-state index is 12.1. The van der Waals surface area contributed by atoms with Gasteiger partial charge in [0, 0.05) is 17.1 Å². The summed E-state index contributed by atoms with van der Waals surface area (Å²) < 4.78 is 40.1. The van der Waals surface area contributed by atoms with E-state index in [1.807, 2.05) is 6.92 Å². The summed E-state index contributed by atoms with van der Waals surface area (Å²) in [6.07, 6.45) is -3.95. The second-order valence-corrected chi connectivity index (χ2v) is 3.67. The van der Waals surface area contributed by atoms with Gasteiger partial charge in [0.15, 0.2) is 0 Å². The predicted octanol–water partition coefficient (Wildman–Crippen LogP) is 3.21. The van der Waals surface area contributed by atoms with E-state index < -0.39 is 6.36 Å². The normalized spacial score (nSPS) is 12.0. The van der Waals surface area contributed by atoms with Crippen LogP contribution in [-0.4, -0.2) is 11.3 Å². The van der Waals surface area contributed by atoms with Crippen molar-refractivity contribution in [3.05, 3.63) is 23.9 Å². The van der Waals surface area contributed by atoms with Gasteiger partial charge < -0.3 is 15.5 Å². The summed E-state index contributed by atoms with van der Waals surface area (Å²) >= 11 is 0. The number of halogens is 3. The van der Waals surface area contributed by atoms with E-state index in [9.17, 15) is 13.2 Å². The number of aromatic nitrogens is 1. The van der Waals surface area contributed by atoms with Gasteiger partial charge in [-0.05, 0) is 18.6 Å². The van der Waals surface area contributed by atoms with Crippen LogP contribution in [0.5, 0.6) is 5.75 Å². The lowest BCUT2D eigenvalue weighted by Gasteiger charge is -2.09. The first-order valence-corrected chi connectivity index (χ1v) is 5.06. The van der Waals surface area contributed by atoms with E-state index in [2.05, 4.69) is 9.72 Å². The van der Waals surface area contributed by atoms with Crippen molar-refractivity contribution >= 4 is 16.6 Å². The molecule has 3 N–H and O–H groups in total. The van der Waals surface area contributed by atoms with Gasteiger partial charge in [-0.15, -0.1) is 13.2 Å². The van der Waals surface area contributed by atoms with Crippen LogP contribution in [0.2, 0.25) is 0 Å². The smallest absolute Gasteiger partial charge is 0.406 e. The van der Waals surface area contributed by atoms with Crippen molar-refractivity contribution in [1.29, 1.82) is 0 Å². The van der Waals surface area contributed by atoms with Crippen LogP contribution in [0.25, 0.3) is 10.9 Å². The lowest BCUT2D eigenvalue weighted by Crippen LogP contribution is -2.17. The van der Waals surface area contributed by atoms with Crippen molar-refractivity contribution in [2.75, 3.05) is 5.73 Å². The Morgan fingerprint density at radius 1 is 1.29 bits per heavy atom. The number of hydrogen-bond donors (Lipinski definition) is 2. The molecule has 0 saturated heterocycles. The zero-order valence-corrected chi connectivity index (χ0v) is 9.06. The van der Waals surface area contributed by atoms with Crippen molar-refractivity contribution in [3.63, 3.8) is 0 Å². The number of ether oxygens (including phenoxy) is 1. The maximum absolute atomic E-state index is 12.1. The Hall–Kier alpha value is -1.85. The molecule has 0 spiro atoms. The fourth-order valence-electron chi connectivity index (χ4n) is 1.68. The summed E-state index contributed by atoms with van der Waals surface area (Å²) in [6, 6.07) is 4.23. The van der Waals surface area contributed by atoms with Crippen molar-refractivity contribution in [2.45, 2.75) is 19.7 Å². The van der Waals surface area contributed by atoms with E-state index in [0.717, 1.165) is 18.2 Å². The molecular formula is C11H11F3N2O. The van der Waals surface area contributed by atoms with Gasteiger partial charge >= 0.3 is 6.36 Å². The minimum absolute atomic E-state index is 0.237. The summed E-state index contributed by atoms with van der Waals surface area (Å²) in [5, 5.41) is 0.612. The minimum Gasteiger partial charge on any atom is -0.406 e. The standard InChI is InChI=1S/C11H11F3N2O/c1-2-7-3-6-4-8(17-11(12,13)14)5-9(15)10(6)16-7/h3-5,16H,2,15H2,1H3. The van der Waals surface area contributed by atoms with Gasteiger partial charge in [-0.25, -0.2) is 0 Å². The number of H-pyrrole nitrogens is 1. The van der Waals surface area contributed by atoms with E-state index in [1.165, 1.54) is 6.07 Å². The summed E-state index contributed by atoms with van der Waals surface area (Å²) in [5.74, 6) is -0.302. The van der Waals surface area contributed by atoms with Crippen molar-refractivity contribution in [2.24, 2.45) is 0 Å². The molecule has 0 amide bonds. The Kier molecular flexibility index (Phi) is 2.65. The summed E-state index contributed by atoms with van der Waals surface area (Å²) in [7, 11) is 0. The lowest BCUT2D eigenvalue weighted by molar-refractivity contribution is -0.274. The summed E-state index contributed by atoms with van der Waals surface area (Å²) in [4.78, 5) is 3.04. The van der Waals surface area contributed by atoms with Crippen LogP contribution in [0.3, 0.4) is 0 Å². The molecule has 1 aromatic heterocycles. The molecule has 1 heterocycles. The zero-order valence-electron chi connectivity index (χ0n) is 9.06. The minimum atomic E-state index is -4.70. The molecule has 0 aliphatic rings. The molecule has 0 aliphatic carbocycles. The van der Waals surface area contributed by atoms with E-state index in [0.29, 0.717) is 10.9 Å².